The van der Waals surface area contributed by atoms with Gasteiger partial charge in [0.2, 0.25) is 11.7 Å². The second-order valence-electron chi connectivity index (χ2n) is 9.14. The van der Waals surface area contributed by atoms with Gasteiger partial charge in [0.15, 0.2) is 11.5 Å². The number of hydrogen-bond acceptors (Lipinski definition) is 6. The number of nitrogens with two attached hydrogens (primary N) is 1. The number of rotatable bonds is 13. The lowest BCUT2D eigenvalue weighted by molar-refractivity contribution is -0.118. The molecule has 200 valence electrons. The molecule has 8 nitrogen and oxygen atoms in total. The zero-order valence-electron chi connectivity index (χ0n) is 21.9. The van der Waals surface area contributed by atoms with Gasteiger partial charge in [-0.2, -0.15) is 0 Å². The van der Waals surface area contributed by atoms with Crippen LogP contribution in [0.1, 0.15) is 29.0 Å². The fourth-order valence-electron chi connectivity index (χ4n) is 4.96. The van der Waals surface area contributed by atoms with Crippen LogP contribution in [0.5, 0.6) is 23.0 Å². The molecule has 1 aromatic heterocycles. The first kappa shape index (κ1) is 26.9. The standard InChI is InChI=1S/C30H34N2O6/c1-35-27-12-19(13-28(36-2)30(27)37-3)18-38-26-11-7-5-9-23(26)24(15-29(31)34)21(17-33)14-20-16-32-25-10-6-4-8-22(20)25/h4-13,16,21,24,32-33H,14-15,17-18H2,1-3H3,(H2,31,34). The first-order valence-electron chi connectivity index (χ1n) is 12.4. The number of methoxy groups -OCH3 is 3. The van der Waals surface area contributed by atoms with Gasteiger partial charge in [0.05, 0.1) is 21.3 Å². The molecule has 1 heterocycles. The molecule has 4 rings (SSSR count). The van der Waals surface area contributed by atoms with Crippen molar-refractivity contribution in [1.29, 1.82) is 0 Å². The van der Waals surface area contributed by atoms with E-state index >= 15 is 0 Å². The number of primary amides is 1. The van der Waals surface area contributed by atoms with Gasteiger partial charge in [-0.1, -0.05) is 36.4 Å². The van der Waals surface area contributed by atoms with Crippen molar-refractivity contribution in [2.75, 3.05) is 27.9 Å². The van der Waals surface area contributed by atoms with E-state index in [1.54, 1.807) is 21.3 Å². The van der Waals surface area contributed by atoms with Crippen molar-refractivity contribution in [2.45, 2.75) is 25.4 Å². The summed E-state index contributed by atoms with van der Waals surface area (Å²) in [4.78, 5) is 15.5. The summed E-state index contributed by atoms with van der Waals surface area (Å²) in [5.41, 5.74) is 9.42. The molecular formula is C30H34N2O6. The van der Waals surface area contributed by atoms with Gasteiger partial charge >= 0.3 is 0 Å². The molecule has 0 aliphatic carbocycles. The Balaban J connectivity index is 1.63. The first-order valence-corrected chi connectivity index (χ1v) is 12.4. The lowest BCUT2D eigenvalue weighted by atomic mass is 9.80. The van der Waals surface area contributed by atoms with Crippen molar-refractivity contribution in [1.82, 2.24) is 4.98 Å². The predicted molar refractivity (Wildman–Crippen MR) is 146 cm³/mol. The molecule has 0 aliphatic heterocycles. The number of aliphatic hydroxyl groups is 1. The SMILES string of the molecule is COc1cc(COc2ccccc2C(CC(N)=O)C(CO)Cc2c[nH]c3ccccc23)cc(OC)c1OC. The number of H-pyrrole nitrogens is 1. The minimum Gasteiger partial charge on any atom is -0.493 e. The third kappa shape index (κ3) is 5.86. The molecule has 0 radical (unpaired) electrons. The Morgan fingerprint density at radius 3 is 2.29 bits per heavy atom. The molecule has 1 amide bonds. The summed E-state index contributed by atoms with van der Waals surface area (Å²) in [6.45, 7) is 0.113. The van der Waals surface area contributed by atoms with Crippen LogP contribution in [0.25, 0.3) is 10.9 Å². The van der Waals surface area contributed by atoms with Gasteiger partial charge in [-0.15, -0.1) is 0 Å². The minimum atomic E-state index is -0.438. The molecule has 38 heavy (non-hydrogen) atoms. The number of benzene rings is 3. The van der Waals surface area contributed by atoms with Gasteiger partial charge in [-0.25, -0.2) is 0 Å². The third-order valence-corrected chi connectivity index (χ3v) is 6.82. The van der Waals surface area contributed by atoms with Crippen LogP contribution >= 0.6 is 0 Å². The molecule has 0 saturated heterocycles. The zero-order chi connectivity index (χ0) is 27.1. The van der Waals surface area contributed by atoms with Gasteiger partial charge in [0.25, 0.3) is 0 Å². The van der Waals surface area contributed by atoms with Gasteiger partial charge in [-0.05, 0) is 53.3 Å². The number of nitrogens with one attached hydrogen (secondary N) is 1. The molecule has 2 atom stereocenters. The third-order valence-electron chi connectivity index (χ3n) is 6.82. The summed E-state index contributed by atoms with van der Waals surface area (Å²) < 4.78 is 22.6. The lowest BCUT2D eigenvalue weighted by Gasteiger charge is -2.27. The molecule has 3 aromatic carbocycles. The Morgan fingerprint density at radius 1 is 0.947 bits per heavy atom. The topological polar surface area (TPSA) is 116 Å². The Bertz CT molecular complexity index is 1360. The molecule has 0 aliphatic rings. The lowest BCUT2D eigenvalue weighted by Crippen LogP contribution is -2.25. The fraction of sp³-hybridized carbons (Fsp3) is 0.300. The van der Waals surface area contributed by atoms with E-state index in [1.807, 2.05) is 66.9 Å². The normalized spacial score (nSPS) is 12.6. The van der Waals surface area contributed by atoms with Crippen molar-refractivity contribution in [3.8, 4) is 23.0 Å². The second kappa shape index (κ2) is 12.4. The highest BCUT2D eigenvalue weighted by Crippen LogP contribution is 2.40. The predicted octanol–water partition coefficient (Wildman–Crippen LogP) is 4.58. The number of carbonyl (C=O) groups excluding carboxylic acids is 1. The molecule has 0 saturated carbocycles. The molecule has 2 unspecified atom stereocenters. The van der Waals surface area contributed by atoms with Crippen LogP contribution in [0.4, 0.5) is 0 Å². The summed E-state index contributed by atoms with van der Waals surface area (Å²) in [6, 6.07) is 19.3. The average molecular weight is 519 g/mol. The Kier molecular flexibility index (Phi) is 8.76. The monoisotopic (exact) mass is 518 g/mol. The summed E-state index contributed by atoms with van der Waals surface area (Å²) in [5, 5.41) is 11.6. The maximum Gasteiger partial charge on any atom is 0.218 e. The number of aromatic nitrogens is 1. The van der Waals surface area contributed by atoms with E-state index in [0.29, 0.717) is 29.4 Å². The molecular weight excluding hydrogens is 484 g/mol. The number of para-hydroxylation sites is 2. The number of carbonyl (C=O) groups is 1. The van der Waals surface area contributed by atoms with Crippen molar-refractivity contribution in [2.24, 2.45) is 11.7 Å². The van der Waals surface area contributed by atoms with Crippen LogP contribution in [-0.2, 0) is 17.8 Å². The number of amides is 1. The van der Waals surface area contributed by atoms with Crippen LogP contribution < -0.4 is 24.7 Å². The van der Waals surface area contributed by atoms with Gasteiger partial charge in [-0.3, -0.25) is 4.79 Å². The van der Waals surface area contributed by atoms with Crippen LogP contribution in [-0.4, -0.2) is 43.9 Å². The Morgan fingerprint density at radius 2 is 1.63 bits per heavy atom. The van der Waals surface area contributed by atoms with Gasteiger partial charge in [0, 0.05) is 36.0 Å². The number of hydrogen-bond donors (Lipinski definition) is 3. The molecule has 4 aromatic rings. The molecule has 0 spiro atoms. The van der Waals surface area contributed by atoms with Crippen molar-refractivity contribution < 1.29 is 28.8 Å². The van der Waals surface area contributed by atoms with Crippen LogP contribution in [0.3, 0.4) is 0 Å². The van der Waals surface area contributed by atoms with Crippen molar-refractivity contribution in [3.63, 3.8) is 0 Å². The maximum absolute atomic E-state index is 12.2. The summed E-state index contributed by atoms with van der Waals surface area (Å²) >= 11 is 0. The first-order chi connectivity index (χ1) is 18.5. The maximum atomic E-state index is 12.2. The number of aromatic amines is 1. The van der Waals surface area contributed by atoms with Crippen LogP contribution in [0.2, 0.25) is 0 Å². The van der Waals surface area contributed by atoms with Crippen LogP contribution in [0, 0.1) is 5.92 Å². The van der Waals surface area contributed by atoms with E-state index in [-0.39, 0.29) is 31.5 Å². The average Bonchev–Trinajstić information content (AvgIpc) is 3.35. The van der Waals surface area contributed by atoms with E-state index in [2.05, 4.69) is 4.98 Å². The molecule has 4 N–H and O–H groups in total. The molecule has 8 heteroatoms. The van der Waals surface area contributed by atoms with Gasteiger partial charge in [0.1, 0.15) is 12.4 Å². The second-order valence-corrected chi connectivity index (χ2v) is 9.14. The van der Waals surface area contributed by atoms with Crippen molar-refractivity contribution >= 4 is 16.8 Å². The smallest absolute Gasteiger partial charge is 0.218 e. The summed E-state index contributed by atoms with van der Waals surface area (Å²) in [6.07, 6.45) is 2.61. The van der Waals surface area contributed by atoms with E-state index < -0.39 is 5.91 Å². The highest BCUT2D eigenvalue weighted by Gasteiger charge is 2.28. The van der Waals surface area contributed by atoms with Crippen molar-refractivity contribution in [3.05, 3.63) is 83.6 Å². The van der Waals surface area contributed by atoms with E-state index in [9.17, 15) is 9.90 Å². The Labute approximate surface area is 222 Å². The van der Waals surface area contributed by atoms with E-state index in [4.69, 9.17) is 24.7 Å². The Hall–Kier alpha value is -4.17. The molecule has 0 fully saturated rings. The minimum absolute atomic E-state index is 0.0815. The highest BCUT2D eigenvalue weighted by atomic mass is 16.5. The van der Waals surface area contributed by atoms with E-state index in [1.165, 1.54) is 0 Å². The van der Waals surface area contributed by atoms with Crippen LogP contribution in [0.15, 0.2) is 66.9 Å². The molecule has 0 bridgehead atoms. The van der Waals surface area contributed by atoms with Gasteiger partial charge < -0.3 is 34.8 Å². The number of aliphatic hydroxyl groups excluding tert-OH is 1. The highest BCUT2D eigenvalue weighted by molar-refractivity contribution is 5.83. The number of ether oxygens (including phenoxy) is 4. The zero-order valence-corrected chi connectivity index (χ0v) is 21.9. The van der Waals surface area contributed by atoms with E-state index in [0.717, 1.165) is 27.6 Å². The quantitative estimate of drug-likeness (QED) is 0.239. The number of fused-ring (bicyclic) bond motifs is 1. The summed E-state index contributed by atoms with van der Waals surface area (Å²) in [7, 11) is 4.68. The summed E-state index contributed by atoms with van der Waals surface area (Å²) in [5.74, 6) is 1.14. The fourth-order valence-corrected chi connectivity index (χ4v) is 4.96. The largest absolute Gasteiger partial charge is 0.493 e.